The first-order chi connectivity index (χ1) is 15.0. The minimum Gasteiger partial charge on any atom is -0.484 e. The zero-order valence-corrected chi connectivity index (χ0v) is 18.9. The zero-order chi connectivity index (χ0) is 21.8. The number of ether oxygens (including phenoxy) is 1. The molecule has 0 bridgehead atoms. The van der Waals surface area contributed by atoms with Crippen molar-refractivity contribution in [3.8, 4) is 5.75 Å². The molecule has 6 nitrogen and oxygen atoms in total. The molecular formula is C24H29ClN4O2. The van der Waals surface area contributed by atoms with Gasteiger partial charge in [-0.25, -0.2) is 4.98 Å². The van der Waals surface area contributed by atoms with Gasteiger partial charge in [0.25, 0.3) is 5.91 Å². The number of benzene rings is 2. The van der Waals surface area contributed by atoms with Crippen LogP contribution < -0.4 is 10.1 Å². The van der Waals surface area contributed by atoms with Crippen LogP contribution in [-0.4, -0.2) is 40.1 Å². The van der Waals surface area contributed by atoms with E-state index in [0.29, 0.717) is 10.8 Å². The molecule has 1 aromatic heterocycles. The van der Waals surface area contributed by atoms with E-state index in [1.807, 2.05) is 31.2 Å². The van der Waals surface area contributed by atoms with Crippen molar-refractivity contribution in [3.05, 3.63) is 52.8 Å². The number of likely N-dealkylation sites (tertiary alicyclic amines) is 1. The second kappa shape index (κ2) is 9.71. The fourth-order valence-electron chi connectivity index (χ4n) is 4.10. The third kappa shape index (κ3) is 5.20. The number of nitrogens with one attached hydrogen (secondary N) is 1. The van der Waals surface area contributed by atoms with Crippen LogP contribution in [0.1, 0.15) is 37.6 Å². The molecule has 0 saturated carbocycles. The zero-order valence-electron chi connectivity index (χ0n) is 18.2. The van der Waals surface area contributed by atoms with Gasteiger partial charge in [0, 0.05) is 17.3 Å². The molecule has 0 spiro atoms. The van der Waals surface area contributed by atoms with E-state index in [0.717, 1.165) is 54.3 Å². The highest BCUT2D eigenvalue weighted by molar-refractivity contribution is 6.31. The number of hydrogen-bond donors (Lipinski definition) is 1. The lowest BCUT2D eigenvalue weighted by Gasteiger charge is -2.26. The van der Waals surface area contributed by atoms with E-state index < -0.39 is 0 Å². The third-order valence-electron chi connectivity index (χ3n) is 5.74. The van der Waals surface area contributed by atoms with Gasteiger partial charge in [0.15, 0.2) is 6.61 Å². The maximum absolute atomic E-state index is 12.4. The number of rotatable bonds is 7. The number of amides is 1. The third-order valence-corrected chi connectivity index (χ3v) is 6.16. The van der Waals surface area contributed by atoms with E-state index in [1.165, 1.54) is 19.3 Å². The van der Waals surface area contributed by atoms with E-state index >= 15 is 0 Å². The van der Waals surface area contributed by atoms with Crippen LogP contribution in [0.15, 0.2) is 36.4 Å². The quantitative estimate of drug-likeness (QED) is 0.560. The van der Waals surface area contributed by atoms with E-state index in [4.69, 9.17) is 21.3 Å². The minimum absolute atomic E-state index is 0.0667. The van der Waals surface area contributed by atoms with E-state index in [1.54, 1.807) is 12.1 Å². The van der Waals surface area contributed by atoms with Crippen LogP contribution in [0.25, 0.3) is 11.0 Å². The Hall–Kier alpha value is -2.57. The maximum Gasteiger partial charge on any atom is 0.262 e. The molecular weight excluding hydrogens is 412 g/mol. The Balaban J connectivity index is 1.43. The number of halogens is 1. The van der Waals surface area contributed by atoms with Crippen LogP contribution >= 0.6 is 11.6 Å². The largest absolute Gasteiger partial charge is 0.484 e. The van der Waals surface area contributed by atoms with Crippen molar-refractivity contribution in [3.63, 3.8) is 0 Å². The van der Waals surface area contributed by atoms with Crippen LogP contribution in [0.2, 0.25) is 5.02 Å². The fraction of sp³-hybridized carbons (Fsp3) is 0.417. The first-order valence-corrected chi connectivity index (χ1v) is 11.3. The lowest BCUT2D eigenvalue weighted by atomic mass is 10.1. The summed E-state index contributed by atoms with van der Waals surface area (Å²) in [6.07, 6.45) is 3.85. The van der Waals surface area contributed by atoms with Gasteiger partial charge in [-0.15, -0.1) is 0 Å². The Bertz CT molecular complexity index is 1070. The Morgan fingerprint density at radius 2 is 1.97 bits per heavy atom. The lowest BCUT2D eigenvalue weighted by Crippen LogP contribution is -2.30. The second-order valence-corrected chi connectivity index (χ2v) is 8.47. The molecule has 1 N–H and O–H groups in total. The Kier molecular flexibility index (Phi) is 6.78. The molecule has 7 heteroatoms. The number of nitrogens with zero attached hydrogens (tertiary/aromatic N) is 3. The highest BCUT2D eigenvalue weighted by Crippen LogP contribution is 2.23. The van der Waals surface area contributed by atoms with E-state index in [2.05, 4.69) is 21.7 Å². The van der Waals surface area contributed by atoms with Gasteiger partial charge in [0.2, 0.25) is 0 Å². The molecule has 164 valence electrons. The summed E-state index contributed by atoms with van der Waals surface area (Å²) in [5.41, 5.74) is 3.64. The molecule has 1 aliphatic heterocycles. The first-order valence-electron chi connectivity index (χ1n) is 10.9. The summed E-state index contributed by atoms with van der Waals surface area (Å²) in [4.78, 5) is 19.7. The number of hydrogen-bond acceptors (Lipinski definition) is 4. The number of carbonyl (C=O) groups is 1. The molecule has 0 aliphatic carbocycles. The van der Waals surface area contributed by atoms with Crippen LogP contribution in [-0.2, 0) is 17.9 Å². The summed E-state index contributed by atoms with van der Waals surface area (Å²) < 4.78 is 7.86. The average molecular weight is 441 g/mol. The molecule has 1 amide bonds. The predicted octanol–water partition coefficient (Wildman–Crippen LogP) is 5.02. The van der Waals surface area contributed by atoms with Gasteiger partial charge in [0.1, 0.15) is 11.6 Å². The van der Waals surface area contributed by atoms with Crippen molar-refractivity contribution in [1.82, 2.24) is 14.5 Å². The Morgan fingerprint density at radius 1 is 1.16 bits per heavy atom. The van der Waals surface area contributed by atoms with Crippen LogP contribution in [0.3, 0.4) is 0 Å². The average Bonchev–Trinajstić information content (AvgIpc) is 3.11. The normalized spacial score (nSPS) is 14.7. The van der Waals surface area contributed by atoms with Crippen molar-refractivity contribution in [2.75, 3.05) is 25.0 Å². The van der Waals surface area contributed by atoms with Gasteiger partial charge in [-0.1, -0.05) is 18.0 Å². The fourth-order valence-corrected chi connectivity index (χ4v) is 4.22. The van der Waals surface area contributed by atoms with Crippen molar-refractivity contribution >= 4 is 34.2 Å². The summed E-state index contributed by atoms with van der Waals surface area (Å²) >= 11 is 6.03. The summed E-state index contributed by atoms with van der Waals surface area (Å²) in [6.45, 7) is 8.01. The van der Waals surface area contributed by atoms with Crippen molar-refractivity contribution in [2.45, 2.75) is 46.2 Å². The highest BCUT2D eigenvalue weighted by Gasteiger charge is 2.16. The molecule has 2 heterocycles. The predicted molar refractivity (Wildman–Crippen MR) is 125 cm³/mol. The smallest absolute Gasteiger partial charge is 0.262 e. The highest BCUT2D eigenvalue weighted by atomic mass is 35.5. The number of aryl methyl sites for hydroxylation is 2. The summed E-state index contributed by atoms with van der Waals surface area (Å²) in [5, 5.41) is 3.59. The molecule has 3 aromatic rings. The number of anilines is 1. The van der Waals surface area contributed by atoms with Crippen LogP contribution in [0.4, 0.5) is 5.69 Å². The summed E-state index contributed by atoms with van der Waals surface area (Å²) in [7, 11) is 0. The van der Waals surface area contributed by atoms with Gasteiger partial charge in [-0.3, -0.25) is 9.69 Å². The SMILES string of the molecule is CCn1c(CN2CCCCC2)nc2cc(NC(=O)COc3ccc(Cl)c(C)c3)ccc21. The molecule has 31 heavy (non-hydrogen) atoms. The first kappa shape index (κ1) is 21.7. The molecule has 0 unspecified atom stereocenters. The molecule has 1 aliphatic rings. The summed E-state index contributed by atoms with van der Waals surface area (Å²) in [6, 6.07) is 11.2. The topological polar surface area (TPSA) is 59.4 Å². The molecule has 1 saturated heterocycles. The monoisotopic (exact) mass is 440 g/mol. The van der Waals surface area contributed by atoms with Gasteiger partial charge < -0.3 is 14.6 Å². The standard InChI is InChI=1S/C24H29ClN4O2/c1-3-29-22-10-7-18(14-21(22)27-23(29)15-28-11-5-4-6-12-28)26-24(30)16-31-19-8-9-20(25)17(2)13-19/h7-10,13-14H,3-6,11-12,15-16H2,1-2H3,(H,26,30). The minimum atomic E-state index is -0.213. The number of carbonyl (C=O) groups excluding carboxylic acids is 1. The number of imidazole rings is 1. The van der Waals surface area contributed by atoms with E-state index in [-0.39, 0.29) is 12.5 Å². The molecule has 4 rings (SSSR count). The second-order valence-electron chi connectivity index (χ2n) is 8.06. The number of piperidine rings is 1. The van der Waals surface area contributed by atoms with Crippen LogP contribution in [0, 0.1) is 6.92 Å². The van der Waals surface area contributed by atoms with Crippen molar-refractivity contribution in [2.24, 2.45) is 0 Å². The molecule has 2 aromatic carbocycles. The van der Waals surface area contributed by atoms with Gasteiger partial charge in [-0.05, 0) is 81.7 Å². The number of fused-ring (bicyclic) bond motifs is 1. The molecule has 1 fully saturated rings. The van der Waals surface area contributed by atoms with Crippen LogP contribution in [0.5, 0.6) is 5.75 Å². The molecule has 0 atom stereocenters. The van der Waals surface area contributed by atoms with Gasteiger partial charge in [0.05, 0.1) is 17.6 Å². The lowest BCUT2D eigenvalue weighted by molar-refractivity contribution is -0.118. The van der Waals surface area contributed by atoms with Gasteiger partial charge >= 0.3 is 0 Å². The Morgan fingerprint density at radius 3 is 2.71 bits per heavy atom. The van der Waals surface area contributed by atoms with Crippen molar-refractivity contribution < 1.29 is 9.53 Å². The number of aromatic nitrogens is 2. The Labute approximate surface area is 188 Å². The van der Waals surface area contributed by atoms with Gasteiger partial charge in [-0.2, -0.15) is 0 Å². The molecule has 0 radical (unpaired) electrons. The maximum atomic E-state index is 12.4. The van der Waals surface area contributed by atoms with Crippen molar-refractivity contribution in [1.29, 1.82) is 0 Å². The van der Waals surface area contributed by atoms with E-state index in [9.17, 15) is 4.79 Å². The summed E-state index contributed by atoms with van der Waals surface area (Å²) in [5.74, 6) is 1.50.